The molecule has 1 aromatic carbocycles. The summed E-state index contributed by atoms with van der Waals surface area (Å²) in [6.45, 7) is 6.83. The van der Waals surface area contributed by atoms with Crippen LogP contribution in [-0.4, -0.2) is 76.6 Å². The molecule has 7 heteroatoms. The lowest BCUT2D eigenvalue weighted by Crippen LogP contribution is -2.51. The number of morpholine rings is 1. The van der Waals surface area contributed by atoms with Gasteiger partial charge in [-0.2, -0.15) is 0 Å². The molecule has 0 saturated carbocycles. The molecule has 26 heavy (non-hydrogen) atoms. The summed E-state index contributed by atoms with van der Waals surface area (Å²) in [6, 6.07) is 8.18. The summed E-state index contributed by atoms with van der Waals surface area (Å²) >= 11 is 0. The van der Waals surface area contributed by atoms with Crippen LogP contribution in [0.15, 0.2) is 24.3 Å². The van der Waals surface area contributed by atoms with Gasteiger partial charge in [-0.25, -0.2) is 4.79 Å². The fourth-order valence-corrected chi connectivity index (χ4v) is 3.53. The number of anilines is 1. The van der Waals surface area contributed by atoms with Crippen molar-refractivity contribution in [3.63, 3.8) is 0 Å². The van der Waals surface area contributed by atoms with Crippen molar-refractivity contribution in [2.45, 2.75) is 18.9 Å². The van der Waals surface area contributed by atoms with Crippen molar-refractivity contribution in [3.05, 3.63) is 24.3 Å². The predicted octanol–water partition coefficient (Wildman–Crippen LogP) is 1.30. The van der Waals surface area contributed by atoms with Crippen LogP contribution in [0.3, 0.4) is 0 Å². The number of hydrogen-bond donors (Lipinski definition) is 2. The minimum Gasteiger partial charge on any atom is -0.497 e. The van der Waals surface area contributed by atoms with Crippen molar-refractivity contribution in [3.8, 4) is 5.75 Å². The molecule has 0 aromatic heterocycles. The summed E-state index contributed by atoms with van der Waals surface area (Å²) in [6.07, 6.45) is 2.08. The van der Waals surface area contributed by atoms with E-state index in [0.717, 1.165) is 70.2 Å². The monoisotopic (exact) mass is 362 g/mol. The zero-order valence-corrected chi connectivity index (χ0v) is 15.6. The van der Waals surface area contributed by atoms with Crippen LogP contribution >= 0.6 is 0 Å². The molecule has 0 spiro atoms. The fraction of sp³-hybridized carbons (Fsp3) is 0.632. The van der Waals surface area contributed by atoms with Crippen molar-refractivity contribution < 1.29 is 14.3 Å². The molecule has 144 valence electrons. The third-order valence-electron chi connectivity index (χ3n) is 4.99. The van der Waals surface area contributed by atoms with Crippen LogP contribution in [0.2, 0.25) is 0 Å². The Hall–Kier alpha value is -1.99. The summed E-state index contributed by atoms with van der Waals surface area (Å²) in [7, 11) is 1.68. The van der Waals surface area contributed by atoms with Gasteiger partial charge < -0.3 is 25.0 Å². The first-order valence-electron chi connectivity index (χ1n) is 9.48. The summed E-state index contributed by atoms with van der Waals surface area (Å²) in [5.74, 6) is 0.860. The third kappa shape index (κ3) is 5.51. The van der Waals surface area contributed by atoms with Gasteiger partial charge in [-0.3, -0.25) is 4.90 Å². The summed E-state index contributed by atoms with van der Waals surface area (Å²) < 4.78 is 10.6. The van der Waals surface area contributed by atoms with Gasteiger partial charge in [0.05, 0.1) is 20.3 Å². The molecule has 0 radical (unpaired) electrons. The largest absolute Gasteiger partial charge is 0.497 e. The normalized spacial score (nSPS) is 21.3. The fourth-order valence-electron chi connectivity index (χ4n) is 3.53. The molecule has 2 fully saturated rings. The molecule has 1 unspecified atom stereocenters. The van der Waals surface area contributed by atoms with E-state index in [9.17, 15) is 4.79 Å². The molecule has 2 amide bonds. The summed E-state index contributed by atoms with van der Waals surface area (Å²) in [5, 5.41) is 6.10. The first-order valence-corrected chi connectivity index (χ1v) is 9.48. The van der Waals surface area contributed by atoms with Crippen LogP contribution in [0.25, 0.3) is 0 Å². The first-order chi connectivity index (χ1) is 12.7. The first kappa shape index (κ1) is 18.8. The number of carbonyl (C=O) groups is 1. The van der Waals surface area contributed by atoms with Crippen molar-refractivity contribution >= 4 is 11.7 Å². The Labute approximate surface area is 155 Å². The molecular weight excluding hydrogens is 332 g/mol. The standard InChI is InChI=1S/C19H30N4O3/c1-25-18-6-2-5-17(14-18)23-8-3-4-16(15-23)21-19(24)20-7-9-22-10-12-26-13-11-22/h2,5-6,14,16H,3-4,7-13,15H2,1H3,(H2,20,21,24). The third-order valence-corrected chi connectivity index (χ3v) is 4.99. The highest BCUT2D eigenvalue weighted by Gasteiger charge is 2.22. The number of rotatable bonds is 6. The van der Waals surface area contributed by atoms with E-state index in [1.165, 1.54) is 0 Å². The molecule has 0 bridgehead atoms. The predicted molar refractivity (Wildman–Crippen MR) is 102 cm³/mol. The second kappa shape index (κ2) is 9.64. The summed E-state index contributed by atoms with van der Waals surface area (Å²) in [5.41, 5.74) is 1.14. The average Bonchev–Trinajstić information content (AvgIpc) is 2.69. The number of hydrogen-bond acceptors (Lipinski definition) is 5. The summed E-state index contributed by atoms with van der Waals surface area (Å²) in [4.78, 5) is 16.8. The Morgan fingerprint density at radius 1 is 1.31 bits per heavy atom. The van der Waals surface area contributed by atoms with Crippen LogP contribution < -0.4 is 20.3 Å². The van der Waals surface area contributed by atoms with E-state index in [4.69, 9.17) is 9.47 Å². The van der Waals surface area contributed by atoms with Crippen molar-refractivity contribution in [1.29, 1.82) is 0 Å². The highest BCUT2D eigenvalue weighted by molar-refractivity contribution is 5.74. The zero-order valence-electron chi connectivity index (χ0n) is 15.6. The molecule has 3 rings (SSSR count). The topological polar surface area (TPSA) is 66.1 Å². The van der Waals surface area contributed by atoms with E-state index < -0.39 is 0 Å². The SMILES string of the molecule is COc1cccc(N2CCCC(NC(=O)NCCN3CCOCC3)C2)c1. The quantitative estimate of drug-likeness (QED) is 0.798. The highest BCUT2D eigenvalue weighted by atomic mass is 16.5. The van der Waals surface area contributed by atoms with E-state index in [-0.39, 0.29) is 12.1 Å². The molecule has 2 saturated heterocycles. The highest BCUT2D eigenvalue weighted by Crippen LogP contribution is 2.24. The average molecular weight is 362 g/mol. The lowest BCUT2D eigenvalue weighted by molar-refractivity contribution is 0.0387. The van der Waals surface area contributed by atoms with Crippen LogP contribution in [0.1, 0.15) is 12.8 Å². The zero-order chi connectivity index (χ0) is 18.2. The number of urea groups is 1. The number of amides is 2. The second-order valence-corrected chi connectivity index (χ2v) is 6.84. The Kier molecular flexibility index (Phi) is 6.96. The Bertz CT molecular complexity index is 578. The van der Waals surface area contributed by atoms with Gasteiger partial charge in [-0.1, -0.05) is 6.07 Å². The molecule has 2 N–H and O–H groups in total. The van der Waals surface area contributed by atoms with Crippen LogP contribution in [0.4, 0.5) is 10.5 Å². The van der Waals surface area contributed by atoms with E-state index >= 15 is 0 Å². The van der Waals surface area contributed by atoms with Crippen LogP contribution in [0.5, 0.6) is 5.75 Å². The Morgan fingerprint density at radius 2 is 2.15 bits per heavy atom. The lowest BCUT2D eigenvalue weighted by Gasteiger charge is -2.35. The lowest BCUT2D eigenvalue weighted by atomic mass is 10.0. The van der Waals surface area contributed by atoms with Crippen molar-refractivity contribution in [1.82, 2.24) is 15.5 Å². The van der Waals surface area contributed by atoms with Gasteiger partial charge in [0.15, 0.2) is 0 Å². The number of ether oxygens (including phenoxy) is 2. The van der Waals surface area contributed by atoms with Gasteiger partial charge in [-0.15, -0.1) is 0 Å². The van der Waals surface area contributed by atoms with E-state index in [2.05, 4.69) is 26.5 Å². The maximum atomic E-state index is 12.2. The Balaban J connectivity index is 1.41. The maximum Gasteiger partial charge on any atom is 0.315 e. The smallest absolute Gasteiger partial charge is 0.315 e. The van der Waals surface area contributed by atoms with E-state index in [1.807, 2.05) is 18.2 Å². The van der Waals surface area contributed by atoms with E-state index in [1.54, 1.807) is 7.11 Å². The molecule has 2 heterocycles. The molecule has 2 aliphatic rings. The number of methoxy groups -OCH3 is 1. The van der Waals surface area contributed by atoms with Gasteiger partial charge >= 0.3 is 6.03 Å². The maximum absolute atomic E-state index is 12.2. The van der Waals surface area contributed by atoms with Gasteiger partial charge in [0.25, 0.3) is 0 Å². The van der Waals surface area contributed by atoms with Crippen LogP contribution in [0, 0.1) is 0 Å². The van der Waals surface area contributed by atoms with Crippen molar-refractivity contribution in [2.24, 2.45) is 0 Å². The number of nitrogens with one attached hydrogen (secondary N) is 2. The molecule has 2 aliphatic heterocycles. The minimum absolute atomic E-state index is 0.0734. The van der Waals surface area contributed by atoms with Gasteiger partial charge in [0.1, 0.15) is 5.75 Å². The van der Waals surface area contributed by atoms with Crippen LogP contribution in [-0.2, 0) is 4.74 Å². The second-order valence-electron chi connectivity index (χ2n) is 6.84. The van der Waals surface area contributed by atoms with Crippen molar-refractivity contribution in [2.75, 3.05) is 64.5 Å². The van der Waals surface area contributed by atoms with Gasteiger partial charge in [-0.05, 0) is 25.0 Å². The molecular formula is C19H30N4O3. The molecule has 1 aromatic rings. The number of benzene rings is 1. The van der Waals surface area contributed by atoms with E-state index in [0.29, 0.717) is 6.54 Å². The minimum atomic E-state index is -0.0734. The molecule has 0 aliphatic carbocycles. The van der Waals surface area contributed by atoms with Gasteiger partial charge in [0, 0.05) is 57.1 Å². The Morgan fingerprint density at radius 3 is 2.96 bits per heavy atom. The molecule has 7 nitrogen and oxygen atoms in total. The number of nitrogens with zero attached hydrogens (tertiary/aromatic N) is 2. The number of carbonyl (C=O) groups excluding carboxylic acids is 1. The van der Waals surface area contributed by atoms with Gasteiger partial charge in [0.2, 0.25) is 0 Å². The molecule has 1 atom stereocenters. The number of piperidine rings is 1.